The topological polar surface area (TPSA) is 64.3 Å². The minimum absolute atomic E-state index is 0.00176. The number of hydrogen-bond acceptors (Lipinski definition) is 3. The van der Waals surface area contributed by atoms with Crippen molar-refractivity contribution < 1.29 is 9.90 Å². The summed E-state index contributed by atoms with van der Waals surface area (Å²) in [7, 11) is 0. The molecule has 1 atom stereocenters. The van der Waals surface area contributed by atoms with Crippen LogP contribution in [0.1, 0.15) is 19.3 Å². The first-order valence-electron chi connectivity index (χ1n) is 4.09. The Morgan fingerprint density at radius 3 is 3.00 bits per heavy atom. The predicted molar refractivity (Wildman–Crippen MR) is 42.5 cm³/mol. The van der Waals surface area contributed by atoms with Crippen molar-refractivity contribution in [3.63, 3.8) is 0 Å². The predicted octanol–water partition coefficient (Wildman–Crippen LogP) is 0.449. The number of likely N-dealkylation sites (tertiary alicyclic amines) is 1. The van der Waals surface area contributed by atoms with Gasteiger partial charge in [-0.05, 0) is 19.3 Å². The average molecular weight is 168 g/mol. The van der Waals surface area contributed by atoms with Gasteiger partial charge in [-0.2, -0.15) is 5.26 Å². The van der Waals surface area contributed by atoms with Gasteiger partial charge in [-0.1, -0.05) is 0 Å². The Morgan fingerprint density at radius 1 is 1.67 bits per heavy atom. The zero-order valence-corrected chi connectivity index (χ0v) is 6.86. The van der Waals surface area contributed by atoms with E-state index in [0.717, 1.165) is 25.8 Å². The number of carboxylic acid groups (broad SMARTS) is 1. The molecule has 1 unspecified atom stereocenters. The van der Waals surface area contributed by atoms with Crippen LogP contribution in [0.2, 0.25) is 0 Å². The summed E-state index contributed by atoms with van der Waals surface area (Å²) in [4.78, 5) is 12.1. The van der Waals surface area contributed by atoms with Crippen LogP contribution >= 0.6 is 0 Å². The monoisotopic (exact) mass is 168 g/mol. The van der Waals surface area contributed by atoms with Gasteiger partial charge in [-0.15, -0.1) is 0 Å². The molecule has 12 heavy (non-hydrogen) atoms. The molecule has 4 heteroatoms. The number of rotatable bonds is 2. The first-order chi connectivity index (χ1) is 5.74. The van der Waals surface area contributed by atoms with Crippen LogP contribution in [0.3, 0.4) is 0 Å². The summed E-state index contributed by atoms with van der Waals surface area (Å²) < 4.78 is 0. The first-order valence-corrected chi connectivity index (χ1v) is 4.09. The molecule has 0 aromatic rings. The van der Waals surface area contributed by atoms with Gasteiger partial charge in [0, 0.05) is 6.54 Å². The number of hydrogen-bond donors (Lipinski definition) is 1. The second kappa shape index (κ2) is 4.07. The Kier molecular flexibility index (Phi) is 3.06. The summed E-state index contributed by atoms with van der Waals surface area (Å²) in [6, 6.07) is 1.94. The highest BCUT2D eigenvalue weighted by Gasteiger charge is 2.23. The molecule has 0 aromatic carbocycles. The average Bonchev–Trinajstić information content (AvgIpc) is 2.04. The van der Waals surface area contributed by atoms with Crippen LogP contribution in [0.4, 0.5) is 0 Å². The molecule has 66 valence electrons. The lowest BCUT2D eigenvalue weighted by atomic mass is 10.0. The van der Waals surface area contributed by atoms with Crippen LogP contribution in [0, 0.1) is 11.3 Å². The highest BCUT2D eigenvalue weighted by atomic mass is 16.4. The lowest BCUT2D eigenvalue weighted by molar-refractivity contribution is -0.138. The van der Waals surface area contributed by atoms with E-state index in [1.807, 2.05) is 0 Å². The van der Waals surface area contributed by atoms with Crippen LogP contribution in [-0.4, -0.2) is 35.1 Å². The van der Waals surface area contributed by atoms with E-state index in [1.165, 1.54) is 0 Å². The van der Waals surface area contributed by atoms with Gasteiger partial charge in [0.1, 0.15) is 0 Å². The molecule has 1 saturated heterocycles. The molecule has 0 amide bonds. The van der Waals surface area contributed by atoms with Crippen molar-refractivity contribution in [3.8, 4) is 6.07 Å². The molecule has 4 nitrogen and oxygen atoms in total. The standard InChI is InChI=1S/C8H12N2O2/c9-5-7-3-1-2-4-10(7)6-8(11)12/h7H,1-4,6H2,(H,11,12). The van der Waals surface area contributed by atoms with Gasteiger partial charge >= 0.3 is 5.97 Å². The van der Waals surface area contributed by atoms with Gasteiger partial charge in [0.25, 0.3) is 0 Å². The summed E-state index contributed by atoms with van der Waals surface area (Å²) >= 11 is 0. The Balaban J connectivity index is 2.48. The molecule has 1 aliphatic rings. The lowest BCUT2D eigenvalue weighted by Crippen LogP contribution is -2.41. The maximum absolute atomic E-state index is 10.4. The minimum atomic E-state index is -0.850. The highest BCUT2D eigenvalue weighted by molar-refractivity contribution is 5.69. The van der Waals surface area contributed by atoms with E-state index in [9.17, 15) is 4.79 Å². The zero-order valence-electron chi connectivity index (χ0n) is 6.86. The number of carboxylic acids is 1. The maximum Gasteiger partial charge on any atom is 0.317 e. The molecule has 0 aromatic heterocycles. The number of carbonyl (C=O) groups is 1. The van der Waals surface area contributed by atoms with E-state index >= 15 is 0 Å². The fourth-order valence-electron chi connectivity index (χ4n) is 1.50. The second-order valence-electron chi connectivity index (χ2n) is 3.00. The van der Waals surface area contributed by atoms with Crippen molar-refractivity contribution in [2.75, 3.05) is 13.1 Å². The fraction of sp³-hybridized carbons (Fsp3) is 0.750. The molecule has 0 bridgehead atoms. The lowest BCUT2D eigenvalue weighted by Gasteiger charge is -2.29. The van der Waals surface area contributed by atoms with Gasteiger partial charge in [0.15, 0.2) is 0 Å². The van der Waals surface area contributed by atoms with Crippen LogP contribution in [0.5, 0.6) is 0 Å². The van der Waals surface area contributed by atoms with Crippen LogP contribution in [-0.2, 0) is 4.79 Å². The molecule has 0 aliphatic carbocycles. The van der Waals surface area contributed by atoms with Crippen molar-refractivity contribution >= 4 is 5.97 Å². The fourth-order valence-corrected chi connectivity index (χ4v) is 1.50. The third kappa shape index (κ3) is 2.21. The molecule has 0 radical (unpaired) electrons. The maximum atomic E-state index is 10.4. The summed E-state index contributed by atoms with van der Waals surface area (Å²) in [5.74, 6) is -0.850. The molecule has 0 saturated carbocycles. The molecule has 1 aliphatic heterocycles. The van der Waals surface area contributed by atoms with E-state index < -0.39 is 5.97 Å². The molecule has 1 N–H and O–H groups in total. The van der Waals surface area contributed by atoms with Crippen molar-refractivity contribution in [3.05, 3.63) is 0 Å². The van der Waals surface area contributed by atoms with Gasteiger partial charge < -0.3 is 5.11 Å². The van der Waals surface area contributed by atoms with Crippen molar-refractivity contribution in [1.82, 2.24) is 4.90 Å². The molecule has 1 heterocycles. The number of nitrogens with zero attached hydrogens (tertiary/aromatic N) is 2. The number of aliphatic carboxylic acids is 1. The molecular weight excluding hydrogens is 156 g/mol. The third-order valence-corrected chi connectivity index (χ3v) is 2.10. The molecule has 1 rings (SSSR count). The minimum Gasteiger partial charge on any atom is -0.480 e. The van der Waals surface area contributed by atoms with Crippen LogP contribution in [0.25, 0.3) is 0 Å². The number of nitriles is 1. The van der Waals surface area contributed by atoms with Crippen molar-refractivity contribution in [2.45, 2.75) is 25.3 Å². The second-order valence-corrected chi connectivity index (χ2v) is 3.00. The van der Waals surface area contributed by atoms with E-state index in [4.69, 9.17) is 10.4 Å². The zero-order chi connectivity index (χ0) is 8.97. The normalized spacial score (nSPS) is 24.8. The SMILES string of the molecule is N#CC1CCCCN1CC(=O)O. The van der Waals surface area contributed by atoms with Crippen molar-refractivity contribution in [2.24, 2.45) is 0 Å². The third-order valence-electron chi connectivity index (χ3n) is 2.10. The first kappa shape index (κ1) is 9.01. The Labute approximate surface area is 71.4 Å². The molecule has 0 spiro atoms. The van der Waals surface area contributed by atoms with Gasteiger partial charge in [0.2, 0.25) is 0 Å². The van der Waals surface area contributed by atoms with E-state index in [0.29, 0.717) is 0 Å². The van der Waals surface area contributed by atoms with Gasteiger partial charge in [-0.3, -0.25) is 9.69 Å². The Bertz CT molecular complexity index is 210. The van der Waals surface area contributed by atoms with E-state index in [2.05, 4.69) is 6.07 Å². The summed E-state index contributed by atoms with van der Waals surface area (Å²) in [5.41, 5.74) is 0. The summed E-state index contributed by atoms with van der Waals surface area (Å²) in [6.45, 7) is 0.739. The molecular formula is C8H12N2O2. The Hall–Kier alpha value is -1.08. The summed E-state index contributed by atoms with van der Waals surface area (Å²) in [5, 5.41) is 17.2. The quantitative estimate of drug-likeness (QED) is 0.650. The van der Waals surface area contributed by atoms with Gasteiger partial charge in [-0.25, -0.2) is 0 Å². The highest BCUT2D eigenvalue weighted by Crippen LogP contribution is 2.15. The van der Waals surface area contributed by atoms with Gasteiger partial charge in [0.05, 0.1) is 18.7 Å². The largest absolute Gasteiger partial charge is 0.480 e. The van der Waals surface area contributed by atoms with E-state index in [1.54, 1.807) is 4.90 Å². The molecule has 1 fully saturated rings. The summed E-state index contributed by atoms with van der Waals surface area (Å²) in [6.07, 6.45) is 2.85. The van der Waals surface area contributed by atoms with Crippen molar-refractivity contribution in [1.29, 1.82) is 5.26 Å². The number of piperidine rings is 1. The van der Waals surface area contributed by atoms with Crippen LogP contribution < -0.4 is 0 Å². The smallest absolute Gasteiger partial charge is 0.317 e. The van der Waals surface area contributed by atoms with Crippen LogP contribution in [0.15, 0.2) is 0 Å². The van der Waals surface area contributed by atoms with E-state index in [-0.39, 0.29) is 12.6 Å². The Morgan fingerprint density at radius 2 is 2.42 bits per heavy atom.